The first-order valence-electron chi connectivity index (χ1n) is 29.1. The molecule has 0 nitrogen and oxygen atoms in total. The molecule has 2 atom stereocenters. The van der Waals surface area contributed by atoms with Crippen molar-refractivity contribution >= 4 is 61.2 Å². The molecule has 0 bridgehead atoms. The summed E-state index contributed by atoms with van der Waals surface area (Å²) in [7, 11) is 0. The summed E-state index contributed by atoms with van der Waals surface area (Å²) in [5.74, 6) is 0.118. The summed E-state index contributed by atoms with van der Waals surface area (Å²) in [5.41, 5.74) is 21.4. The zero-order chi connectivity index (χ0) is 50.7. The summed E-state index contributed by atoms with van der Waals surface area (Å²) in [5, 5.41) is 10.8. The Morgan fingerprint density at radius 2 is 0.632 bits per heavy atom. The van der Waals surface area contributed by atoms with Gasteiger partial charge in [0.15, 0.2) is 0 Å². The summed E-state index contributed by atoms with van der Waals surface area (Å²) >= 11 is -2.87. The van der Waals surface area contributed by atoms with Crippen molar-refractivity contribution in [2.45, 2.75) is 97.4 Å². The van der Waals surface area contributed by atoms with Crippen LogP contribution in [0.2, 0.25) is 13.1 Å². The fourth-order valence-corrected chi connectivity index (χ4v) is 38.0. The quantitative estimate of drug-likeness (QED) is 0.113. The van der Waals surface area contributed by atoms with E-state index in [1.165, 1.54) is 176 Å². The predicted octanol–water partition coefficient (Wildman–Crippen LogP) is 21.1. The van der Waals surface area contributed by atoms with Gasteiger partial charge < -0.3 is 0 Å². The monoisotopic (exact) mass is 1080 g/mol. The van der Waals surface area contributed by atoms with Crippen molar-refractivity contribution in [2.75, 3.05) is 0 Å². The molecule has 4 aliphatic carbocycles. The molecule has 0 N–H and O–H groups in total. The molecule has 2 fully saturated rings. The van der Waals surface area contributed by atoms with Gasteiger partial charge in [0.25, 0.3) is 0 Å². The second kappa shape index (κ2) is 20.6. The van der Waals surface area contributed by atoms with Crippen LogP contribution in [0.5, 0.6) is 0 Å². The van der Waals surface area contributed by atoms with Gasteiger partial charge in [0.2, 0.25) is 0 Å². The van der Waals surface area contributed by atoms with Crippen molar-refractivity contribution in [3.05, 3.63) is 228 Å². The first-order valence-corrected chi connectivity index (χ1v) is 39.1. The van der Waals surface area contributed by atoms with E-state index in [1.54, 1.807) is 22.3 Å². The van der Waals surface area contributed by atoms with Gasteiger partial charge in [-0.05, 0) is 0 Å². The van der Waals surface area contributed by atoms with E-state index in [0.717, 1.165) is 11.8 Å². The van der Waals surface area contributed by atoms with Gasteiger partial charge in [-0.3, -0.25) is 0 Å². The molecular formula is C74H69SiZr. The van der Waals surface area contributed by atoms with Gasteiger partial charge in [0.1, 0.15) is 0 Å². The normalized spacial score (nSPS) is 17.9. The van der Waals surface area contributed by atoms with Crippen LogP contribution in [0.3, 0.4) is 0 Å². The molecule has 14 rings (SSSR count). The topological polar surface area (TPSA) is 0 Å². The number of rotatable bonds is 11. The molecule has 0 aliphatic heterocycles. The van der Waals surface area contributed by atoms with E-state index < -0.39 is 26.8 Å². The van der Waals surface area contributed by atoms with E-state index in [4.69, 9.17) is 0 Å². The van der Waals surface area contributed by atoms with Crippen LogP contribution >= 0.6 is 0 Å². The van der Waals surface area contributed by atoms with E-state index >= 15 is 0 Å². The van der Waals surface area contributed by atoms with Crippen molar-refractivity contribution in [3.63, 3.8) is 0 Å². The van der Waals surface area contributed by atoms with Crippen molar-refractivity contribution in [3.8, 4) is 44.5 Å². The molecule has 10 aromatic carbocycles. The van der Waals surface area contributed by atoms with Gasteiger partial charge in [0.05, 0.1) is 0 Å². The van der Waals surface area contributed by atoms with Crippen LogP contribution in [0, 0.1) is 11.8 Å². The van der Waals surface area contributed by atoms with E-state index in [2.05, 4.69) is 219 Å². The van der Waals surface area contributed by atoms with Gasteiger partial charge in [-0.25, -0.2) is 0 Å². The second-order valence-electron chi connectivity index (χ2n) is 23.5. The Kier molecular flexibility index (Phi) is 13.1. The van der Waals surface area contributed by atoms with E-state index in [9.17, 15) is 0 Å². The SMILES string of the molecule is C[SiH](C)[Zr]([CH]1C(CC2CCCCC2)=Cc2c(-c3cccc4ccccc34)ccc(-c3cccc4ccccc34)c21)[CH]1C(CC2CCCCC2)=Cc2c(-c3cccc4ccccc34)ccc(-c3cccc4ccccc34)c21. The van der Waals surface area contributed by atoms with Crippen molar-refractivity contribution < 1.29 is 20.9 Å². The number of hydrogen-bond donors (Lipinski definition) is 0. The summed E-state index contributed by atoms with van der Waals surface area (Å²) in [6.45, 7) is 5.67. The molecule has 10 aromatic rings. The molecule has 4 aliphatic rings. The van der Waals surface area contributed by atoms with Gasteiger partial charge in [-0.1, -0.05) is 0 Å². The molecule has 0 amide bonds. The maximum atomic E-state index is 2.86. The molecule has 0 aromatic heterocycles. The summed E-state index contributed by atoms with van der Waals surface area (Å²) in [6.07, 6.45) is 21.9. The molecule has 0 radical (unpaired) electrons. The van der Waals surface area contributed by atoms with Crippen molar-refractivity contribution in [1.29, 1.82) is 0 Å². The third kappa shape index (κ3) is 8.58. The fraction of sp³-hybridized carbons (Fsp3) is 0.243. The van der Waals surface area contributed by atoms with Crippen LogP contribution in [0.1, 0.15) is 107 Å². The Hall–Kier alpha value is -6.18. The molecule has 373 valence electrons. The molecule has 0 spiro atoms. The minimum atomic E-state index is -2.87. The third-order valence-electron chi connectivity index (χ3n) is 18.7. The summed E-state index contributed by atoms with van der Waals surface area (Å²) in [4.78, 5) is 0. The van der Waals surface area contributed by atoms with Crippen LogP contribution in [-0.2, 0) is 20.9 Å². The number of fused-ring (bicyclic) bond motifs is 6. The van der Waals surface area contributed by atoms with Gasteiger partial charge in [-0.15, -0.1) is 0 Å². The van der Waals surface area contributed by atoms with Gasteiger partial charge in [-0.2, -0.15) is 0 Å². The molecule has 0 saturated heterocycles. The van der Waals surface area contributed by atoms with Crippen LogP contribution in [0.4, 0.5) is 0 Å². The average molecular weight is 1080 g/mol. The summed E-state index contributed by atoms with van der Waals surface area (Å²) in [6, 6.07) is 75.4. The second-order valence-corrected chi connectivity index (χ2v) is 43.5. The molecular weight excluding hydrogens is 1010 g/mol. The zero-order valence-electron chi connectivity index (χ0n) is 44.5. The van der Waals surface area contributed by atoms with Crippen LogP contribution in [-0.4, -0.2) is 5.92 Å². The molecule has 0 heterocycles. The first kappa shape index (κ1) is 48.2. The Morgan fingerprint density at radius 1 is 0.329 bits per heavy atom. The molecule has 2 heteroatoms. The minimum absolute atomic E-state index is 0.474. The van der Waals surface area contributed by atoms with Gasteiger partial charge >= 0.3 is 463 Å². The standard InChI is InChI=1S/2C36H31.C2H7Si.Zr/c2*1-2-10-25(11-3-1)22-26-23-35-33(31-18-8-14-27-12-4-6-16-29(27)31)20-21-34(36(35)24-26)32-19-9-15-28-13-5-7-17-30(28)32;1-3-2;/h2*4-9,12-21,23-25H,1-3,10-11,22H2;3H,1-2H3;. The number of allylic oxidation sites excluding steroid dienone is 2. The van der Waals surface area contributed by atoms with E-state index in [0.29, 0.717) is 7.25 Å². The van der Waals surface area contributed by atoms with E-state index in [-0.39, 0.29) is 0 Å². The van der Waals surface area contributed by atoms with Gasteiger partial charge in [0, 0.05) is 0 Å². The predicted molar refractivity (Wildman–Crippen MR) is 327 cm³/mol. The first-order chi connectivity index (χ1) is 37.6. The third-order valence-corrected chi connectivity index (χ3v) is 40.3. The van der Waals surface area contributed by atoms with Crippen molar-refractivity contribution in [1.82, 2.24) is 0 Å². The Morgan fingerprint density at radius 3 is 0.974 bits per heavy atom. The Bertz CT molecular complexity index is 3640. The zero-order valence-corrected chi connectivity index (χ0v) is 48.1. The molecule has 2 unspecified atom stereocenters. The van der Waals surface area contributed by atoms with Crippen molar-refractivity contribution in [2.24, 2.45) is 11.8 Å². The average Bonchev–Trinajstić information content (AvgIpc) is 4.15. The Balaban J connectivity index is 1.07. The maximum absolute atomic E-state index is 2.87. The fourth-order valence-electron chi connectivity index (χ4n) is 15.3. The molecule has 76 heavy (non-hydrogen) atoms. The van der Waals surface area contributed by atoms with Crippen LogP contribution in [0.15, 0.2) is 205 Å². The Labute approximate surface area is 459 Å². The van der Waals surface area contributed by atoms with E-state index in [1.807, 2.05) is 0 Å². The molecule has 2 saturated carbocycles. The van der Waals surface area contributed by atoms with Crippen LogP contribution < -0.4 is 0 Å². The van der Waals surface area contributed by atoms with Crippen LogP contribution in [0.25, 0.3) is 99.7 Å². The summed E-state index contributed by atoms with van der Waals surface area (Å²) < 4.78 is 0.948. The number of benzene rings is 10. The number of hydrogen-bond acceptors (Lipinski definition) is 0.